The van der Waals surface area contributed by atoms with Gasteiger partial charge >= 0.3 is 0 Å². The molecule has 0 bridgehead atoms. The number of hydrogen-bond donors (Lipinski definition) is 0. The van der Waals surface area contributed by atoms with Crippen molar-refractivity contribution in [3.63, 3.8) is 0 Å². The number of hydrogen-bond acceptors (Lipinski definition) is 2. The summed E-state index contributed by atoms with van der Waals surface area (Å²) < 4.78 is 5.07. The van der Waals surface area contributed by atoms with Gasteiger partial charge in [0.15, 0.2) is 0 Å². The highest BCUT2D eigenvalue weighted by Crippen LogP contribution is 2.54. The van der Waals surface area contributed by atoms with Crippen molar-refractivity contribution in [1.29, 1.82) is 0 Å². The van der Waals surface area contributed by atoms with Crippen molar-refractivity contribution in [2.24, 2.45) is 0 Å². The molecule has 0 N–H and O–H groups in total. The fourth-order valence-electron chi connectivity index (χ4n) is 20.2. The molecular weight excluding hydrogens is 1290 g/mol. The Bertz CT molecular complexity index is 6200. The van der Waals surface area contributed by atoms with Crippen LogP contribution in [0, 0.1) is 0 Å². The van der Waals surface area contributed by atoms with Gasteiger partial charge in [0.2, 0.25) is 0 Å². The zero-order valence-corrected chi connectivity index (χ0v) is 63.1. The molecule has 0 saturated heterocycles. The first kappa shape index (κ1) is 64.9. The van der Waals surface area contributed by atoms with E-state index in [1.165, 1.54) is 132 Å². The summed E-state index contributed by atoms with van der Waals surface area (Å²) in [6.07, 6.45) is 2.25. The molecule has 5 heteroatoms. The van der Waals surface area contributed by atoms with E-state index in [-0.39, 0.29) is 33.8 Å². The van der Waals surface area contributed by atoms with Crippen molar-refractivity contribution in [3.8, 4) is 67.0 Å². The molecule has 0 spiro atoms. The second kappa shape index (κ2) is 23.4. The minimum Gasteiger partial charge on any atom is -0.311 e. The molecule has 2 aliphatic heterocycles. The molecule has 0 fully saturated rings. The van der Waals surface area contributed by atoms with Crippen molar-refractivity contribution >= 4 is 101 Å². The van der Waals surface area contributed by atoms with Crippen LogP contribution in [0.1, 0.15) is 117 Å². The van der Waals surface area contributed by atoms with E-state index in [1.54, 1.807) is 0 Å². The van der Waals surface area contributed by atoms with Crippen LogP contribution in [0.3, 0.4) is 0 Å². The van der Waals surface area contributed by atoms with Gasteiger partial charge in [0, 0.05) is 61.4 Å². The van der Waals surface area contributed by atoms with E-state index in [1.807, 2.05) is 0 Å². The lowest BCUT2D eigenvalue weighted by atomic mass is 9.33. The van der Waals surface area contributed by atoms with E-state index in [2.05, 4.69) is 398 Å². The number of para-hydroxylation sites is 2. The SMILES string of the molecule is CC(C)(C)c1cccc(-c2ccc3c(c2)B2c4ccc(-n5c6ccc(-c7ccccc7)cc6c6cc(-c7ccccc7)ccc65)cc4N(c4ccc(-c5ccc6c(c5)C(C)(C)CC6(C)C)cc4)c4cc(-n5c6ccccc6c6ccccc65)cc(c42)N3c2ccc(-c3ccc4c(c3)C(C)(C)CC4(C)C)cc2)c1. The summed E-state index contributed by atoms with van der Waals surface area (Å²) in [7, 11) is 0. The van der Waals surface area contributed by atoms with Crippen molar-refractivity contribution < 1.29 is 0 Å². The number of nitrogens with zero attached hydrogens (tertiary/aromatic N) is 4. The van der Waals surface area contributed by atoms with E-state index >= 15 is 0 Å². The topological polar surface area (TPSA) is 16.3 Å². The highest BCUT2D eigenvalue weighted by atomic mass is 15.2. The molecule has 20 rings (SSSR count). The summed E-state index contributed by atoms with van der Waals surface area (Å²) in [6.45, 7) is 26.1. The molecular formula is C102H87BN4. The summed E-state index contributed by atoms with van der Waals surface area (Å²) in [4.78, 5) is 5.25. The quantitative estimate of drug-likeness (QED) is 0.134. The number of benzene rings is 14. The highest BCUT2D eigenvalue weighted by Gasteiger charge is 2.46. The average molecular weight is 1380 g/mol. The molecule has 4 aliphatic rings. The maximum atomic E-state index is 2.64. The zero-order valence-electron chi connectivity index (χ0n) is 63.1. The van der Waals surface area contributed by atoms with E-state index in [0.717, 1.165) is 69.4 Å². The number of fused-ring (bicyclic) bond motifs is 12. The lowest BCUT2D eigenvalue weighted by Crippen LogP contribution is -2.61. The first-order chi connectivity index (χ1) is 51.6. The van der Waals surface area contributed by atoms with Gasteiger partial charge in [0.25, 0.3) is 6.71 Å². The van der Waals surface area contributed by atoms with E-state index in [9.17, 15) is 0 Å². The van der Waals surface area contributed by atoms with Gasteiger partial charge in [-0.3, -0.25) is 0 Å². The number of aromatic nitrogens is 2. The van der Waals surface area contributed by atoms with Crippen LogP contribution in [-0.2, 0) is 27.1 Å². The molecule has 4 nitrogen and oxygen atoms in total. The first-order valence-corrected chi connectivity index (χ1v) is 38.5. The molecule has 0 radical (unpaired) electrons. The second-order valence-electron chi connectivity index (χ2n) is 34.8. The van der Waals surface area contributed by atoms with Crippen molar-refractivity contribution in [2.45, 2.75) is 116 Å². The maximum Gasteiger partial charge on any atom is 0.252 e. The molecule has 16 aromatic rings. The third-order valence-electron chi connectivity index (χ3n) is 24.8. The minimum atomic E-state index is -0.193. The first-order valence-electron chi connectivity index (χ1n) is 38.5. The molecule has 2 aliphatic carbocycles. The molecule has 14 aromatic carbocycles. The lowest BCUT2D eigenvalue weighted by molar-refractivity contribution is 0.402. The summed E-state index contributed by atoms with van der Waals surface area (Å²) >= 11 is 0. The predicted molar refractivity (Wildman–Crippen MR) is 456 cm³/mol. The maximum absolute atomic E-state index is 2.64. The number of anilines is 6. The van der Waals surface area contributed by atoms with Crippen LogP contribution in [-0.4, -0.2) is 15.8 Å². The van der Waals surface area contributed by atoms with Crippen LogP contribution in [0.25, 0.3) is 111 Å². The largest absolute Gasteiger partial charge is 0.311 e. The van der Waals surface area contributed by atoms with Crippen LogP contribution >= 0.6 is 0 Å². The van der Waals surface area contributed by atoms with Gasteiger partial charge in [-0.1, -0.05) is 288 Å². The van der Waals surface area contributed by atoms with Gasteiger partial charge in [0.1, 0.15) is 0 Å². The van der Waals surface area contributed by atoms with Crippen molar-refractivity contribution in [3.05, 3.63) is 331 Å². The van der Waals surface area contributed by atoms with Crippen LogP contribution in [0.2, 0.25) is 0 Å². The van der Waals surface area contributed by atoms with Crippen LogP contribution < -0.4 is 26.2 Å². The Morgan fingerprint density at radius 3 is 1.17 bits per heavy atom. The molecule has 2 aromatic heterocycles. The smallest absolute Gasteiger partial charge is 0.252 e. The Labute approximate surface area is 630 Å². The third-order valence-corrected chi connectivity index (χ3v) is 24.8. The van der Waals surface area contributed by atoms with Crippen LogP contribution in [0.15, 0.2) is 303 Å². The second-order valence-corrected chi connectivity index (χ2v) is 34.8. The summed E-state index contributed by atoms with van der Waals surface area (Å²) in [6, 6.07) is 117. The summed E-state index contributed by atoms with van der Waals surface area (Å²) in [5, 5.41) is 4.88. The van der Waals surface area contributed by atoms with Crippen LogP contribution in [0.5, 0.6) is 0 Å². The van der Waals surface area contributed by atoms with Crippen LogP contribution in [0.4, 0.5) is 34.1 Å². The van der Waals surface area contributed by atoms with Gasteiger partial charge in [-0.05, 0) is 231 Å². The molecule has 0 saturated carbocycles. The number of rotatable bonds is 9. The van der Waals surface area contributed by atoms with Gasteiger partial charge in [-0.15, -0.1) is 0 Å². The minimum absolute atomic E-state index is 0.0384. The molecule has 0 amide bonds. The fourth-order valence-corrected chi connectivity index (χ4v) is 20.2. The molecule has 4 heterocycles. The lowest BCUT2D eigenvalue weighted by Gasteiger charge is -2.44. The Hall–Kier alpha value is -11.7. The van der Waals surface area contributed by atoms with E-state index in [0.29, 0.717) is 0 Å². The Morgan fingerprint density at radius 2 is 0.645 bits per heavy atom. The summed E-state index contributed by atoms with van der Waals surface area (Å²) in [5.74, 6) is 0. The monoisotopic (exact) mass is 1380 g/mol. The molecule has 107 heavy (non-hydrogen) atoms. The van der Waals surface area contributed by atoms with Crippen molar-refractivity contribution in [2.75, 3.05) is 9.80 Å². The zero-order chi connectivity index (χ0) is 72.8. The normalized spacial score (nSPS) is 15.6. The fraction of sp³-hybridized carbons (Fsp3) is 0.176. The van der Waals surface area contributed by atoms with E-state index in [4.69, 9.17) is 0 Å². The third kappa shape index (κ3) is 10.2. The Kier molecular flexibility index (Phi) is 14.2. The van der Waals surface area contributed by atoms with E-state index < -0.39 is 0 Å². The van der Waals surface area contributed by atoms with Crippen molar-refractivity contribution in [1.82, 2.24) is 9.13 Å². The molecule has 518 valence electrons. The highest BCUT2D eigenvalue weighted by molar-refractivity contribution is 7.00. The van der Waals surface area contributed by atoms with Gasteiger partial charge in [-0.25, -0.2) is 0 Å². The standard InChI is InChI=1S/C102H87BN4/c1-98(2,3)74-28-22-27-68(53-74)73-41-52-93-88(58-73)103-87-49-46-77(106-91-50-39-69(64-23-14-12-15-24-64)54-81(91)82-55-70(40-51-92(82)106)65-25-16-13-17-26-65)59-94(87)105(76-44-35-67(36-45-76)72-38-48-84-86(57-72)102(10,11)63-100(84,6)7)96-61-78(107-89-31-20-18-29-79(89)80-30-19-21-32-90(80)107)60-95(97(96)103)104(93)75-42-33-66(34-43-75)71-37-47-83-85(56-71)101(8,9)62-99(83,4)5/h12-61H,62-63H2,1-11H3. The Morgan fingerprint density at radius 1 is 0.262 bits per heavy atom. The van der Waals surface area contributed by atoms with Gasteiger partial charge in [-0.2, -0.15) is 0 Å². The van der Waals surface area contributed by atoms with Gasteiger partial charge < -0.3 is 18.9 Å². The molecule has 0 unspecified atom stereocenters. The predicted octanol–water partition coefficient (Wildman–Crippen LogP) is 25.5. The average Bonchev–Trinajstić information content (AvgIpc) is 1.26. The molecule has 0 atom stereocenters. The Balaban J connectivity index is 0.864. The van der Waals surface area contributed by atoms with Gasteiger partial charge in [0.05, 0.1) is 27.8 Å². The summed E-state index contributed by atoms with van der Waals surface area (Å²) in [5.41, 5.74) is 37.0.